The minimum absolute atomic E-state index is 0.0745. The van der Waals surface area contributed by atoms with Crippen molar-refractivity contribution in [3.63, 3.8) is 0 Å². The lowest BCUT2D eigenvalue weighted by molar-refractivity contribution is 0.0764. The van der Waals surface area contributed by atoms with Crippen molar-refractivity contribution in [2.45, 2.75) is 34.1 Å². The van der Waals surface area contributed by atoms with Gasteiger partial charge >= 0.3 is 0 Å². The van der Waals surface area contributed by atoms with E-state index >= 15 is 0 Å². The Bertz CT molecular complexity index is 479. The second-order valence-electron chi connectivity index (χ2n) is 5.89. The molecule has 1 aromatic rings. The Morgan fingerprint density at radius 2 is 2.17 bits per heavy atom. The normalized spacial score (nSPS) is 16.7. The molecule has 1 aliphatic heterocycles. The van der Waals surface area contributed by atoms with Crippen LogP contribution in [0.3, 0.4) is 0 Å². The maximum absolute atomic E-state index is 12.3. The van der Waals surface area contributed by atoms with Gasteiger partial charge in [-0.05, 0) is 18.8 Å². The van der Waals surface area contributed by atoms with E-state index in [1.807, 2.05) is 11.8 Å². The van der Waals surface area contributed by atoms with Crippen molar-refractivity contribution in [3.8, 4) is 0 Å². The van der Waals surface area contributed by atoms with Gasteiger partial charge in [0.25, 0.3) is 5.91 Å². The summed E-state index contributed by atoms with van der Waals surface area (Å²) in [6.45, 7) is 10.0. The van der Waals surface area contributed by atoms with Gasteiger partial charge < -0.3 is 4.90 Å². The Labute approximate surface area is 108 Å². The van der Waals surface area contributed by atoms with Crippen LogP contribution in [0.2, 0.25) is 0 Å². The first-order valence-electron chi connectivity index (χ1n) is 6.38. The Morgan fingerprint density at radius 1 is 1.44 bits per heavy atom. The molecule has 0 saturated carbocycles. The number of carbonyl (C=O) groups excluding carboxylic acids is 1. The number of hydrogen-bond donors (Lipinski definition) is 1. The minimum Gasteiger partial charge on any atom is -0.334 e. The molecule has 0 unspecified atom stereocenters. The van der Waals surface area contributed by atoms with Crippen molar-refractivity contribution in [1.82, 2.24) is 15.1 Å². The molecule has 0 bridgehead atoms. The van der Waals surface area contributed by atoms with Gasteiger partial charge in [0.2, 0.25) is 0 Å². The molecule has 2 heterocycles. The third-order valence-corrected chi connectivity index (χ3v) is 3.52. The van der Waals surface area contributed by atoms with Gasteiger partial charge in [-0.2, -0.15) is 5.10 Å². The number of aryl methyl sites for hydroxylation is 1. The molecule has 0 spiro atoms. The van der Waals surface area contributed by atoms with Crippen LogP contribution in [0.4, 0.5) is 0 Å². The number of carbonyl (C=O) groups is 1. The summed E-state index contributed by atoms with van der Waals surface area (Å²) in [7, 11) is 0. The highest BCUT2D eigenvalue weighted by Gasteiger charge is 2.25. The number of H-pyrrole nitrogens is 1. The van der Waals surface area contributed by atoms with Crippen LogP contribution in [0, 0.1) is 12.3 Å². The fraction of sp³-hybridized carbons (Fsp3) is 0.571. The van der Waals surface area contributed by atoms with Crippen LogP contribution < -0.4 is 0 Å². The van der Waals surface area contributed by atoms with Crippen LogP contribution in [0.5, 0.6) is 0 Å². The van der Waals surface area contributed by atoms with Crippen molar-refractivity contribution in [2.24, 2.45) is 5.41 Å². The first-order valence-corrected chi connectivity index (χ1v) is 6.38. The summed E-state index contributed by atoms with van der Waals surface area (Å²) in [5, 5.41) is 6.71. The van der Waals surface area contributed by atoms with E-state index in [1.165, 1.54) is 5.57 Å². The number of aromatic nitrogens is 2. The third-order valence-electron chi connectivity index (χ3n) is 3.52. The van der Waals surface area contributed by atoms with Crippen LogP contribution in [0.25, 0.3) is 0 Å². The number of hydrogen-bond acceptors (Lipinski definition) is 2. The molecule has 98 valence electrons. The maximum Gasteiger partial charge on any atom is 0.257 e. The average Bonchev–Trinajstić information content (AvgIpc) is 2.73. The van der Waals surface area contributed by atoms with Crippen molar-refractivity contribution in [2.75, 3.05) is 13.1 Å². The predicted molar refractivity (Wildman–Crippen MR) is 71.4 cm³/mol. The minimum atomic E-state index is 0.0745. The van der Waals surface area contributed by atoms with E-state index in [1.54, 1.807) is 6.20 Å². The molecule has 0 fully saturated rings. The molecule has 0 saturated heterocycles. The Kier molecular flexibility index (Phi) is 3.28. The fourth-order valence-corrected chi connectivity index (χ4v) is 2.27. The third kappa shape index (κ3) is 2.47. The second kappa shape index (κ2) is 4.59. The molecule has 0 atom stereocenters. The Morgan fingerprint density at radius 3 is 2.61 bits per heavy atom. The molecule has 1 N–H and O–H groups in total. The van der Waals surface area contributed by atoms with Gasteiger partial charge in [-0.25, -0.2) is 0 Å². The van der Waals surface area contributed by atoms with Gasteiger partial charge in [0, 0.05) is 18.8 Å². The molecule has 1 aromatic heterocycles. The summed E-state index contributed by atoms with van der Waals surface area (Å²) >= 11 is 0. The molecule has 0 aliphatic carbocycles. The van der Waals surface area contributed by atoms with Gasteiger partial charge in [0.05, 0.1) is 11.8 Å². The Hall–Kier alpha value is -1.58. The first-order chi connectivity index (χ1) is 8.39. The smallest absolute Gasteiger partial charge is 0.257 e. The van der Waals surface area contributed by atoms with Crippen molar-refractivity contribution >= 4 is 5.91 Å². The number of rotatable bonds is 1. The van der Waals surface area contributed by atoms with Crippen molar-refractivity contribution in [3.05, 3.63) is 29.1 Å². The topological polar surface area (TPSA) is 49.0 Å². The molecule has 1 amide bonds. The summed E-state index contributed by atoms with van der Waals surface area (Å²) in [4.78, 5) is 14.2. The lowest BCUT2D eigenvalue weighted by Crippen LogP contribution is -2.36. The van der Waals surface area contributed by atoms with Crippen LogP contribution in [0.1, 0.15) is 43.2 Å². The summed E-state index contributed by atoms with van der Waals surface area (Å²) in [6.07, 6.45) is 4.77. The van der Waals surface area contributed by atoms with Gasteiger partial charge in [-0.3, -0.25) is 9.89 Å². The zero-order valence-corrected chi connectivity index (χ0v) is 11.6. The fourth-order valence-electron chi connectivity index (χ4n) is 2.27. The maximum atomic E-state index is 12.3. The van der Waals surface area contributed by atoms with Gasteiger partial charge in [0.15, 0.2) is 0 Å². The summed E-state index contributed by atoms with van der Waals surface area (Å²) in [5.74, 6) is 0.0745. The largest absolute Gasteiger partial charge is 0.334 e. The first kappa shape index (κ1) is 12.9. The summed E-state index contributed by atoms with van der Waals surface area (Å²) in [5.41, 5.74) is 3.17. The van der Waals surface area contributed by atoms with Gasteiger partial charge in [-0.1, -0.05) is 32.4 Å². The zero-order chi connectivity index (χ0) is 13.3. The van der Waals surface area contributed by atoms with Crippen molar-refractivity contribution in [1.29, 1.82) is 0 Å². The van der Waals surface area contributed by atoms with Gasteiger partial charge in [-0.15, -0.1) is 0 Å². The molecular formula is C14H21N3O. The molecule has 4 heteroatoms. The molecule has 2 rings (SSSR count). The number of aromatic amines is 1. The monoisotopic (exact) mass is 247 g/mol. The predicted octanol–water partition coefficient (Wildman–Crippen LogP) is 2.54. The van der Waals surface area contributed by atoms with E-state index in [2.05, 4.69) is 37.0 Å². The van der Waals surface area contributed by atoms with Crippen molar-refractivity contribution < 1.29 is 4.79 Å². The molecule has 0 aromatic carbocycles. The second-order valence-corrected chi connectivity index (χ2v) is 5.89. The highest BCUT2D eigenvalue weighted by atomic mass is 16.2. The highest BCUT2D eigenvalue weighted by Crippen LogP contribution is 2.30. The summed E-state index contributed by atoms with van der Waals surface area (Å²) < 4.78 is 0. The zero-order valence-electron chi connectivity index (χ0n) is 11.6. The van der Waals surface area contributed by atoms with Gasteiger partial charge in [0.1, 0.15) is 0 Å². The van der Waals surface area contributed by atoms with E-state index in [0.717, 1.165) is 18.7 Å². The standard InChI is InChI=1S/C14H21N3O/c1-10-12(9-15-16-10)13(18)17-7-5-11(6-8-17)14(2,3)4/h5,9H,6-8H2,1-4H3,(H,15,16). The SMILES string of the molecule is Cc1[nH]ncc1C(=O)N1CC=C(C(C)(C)C)CC1. The molecular weight excluding hydrogens is 226 g/mol. The molecule has 4 nitrogen and oxygen atoms in total. The van der Waals surface area contributed by atoms with E-state index in [9.17, 15) is 4.79 Å². The summed E-state index contributed by atoms with van der Waals surface area (Å²) in [6, 6.07) is 0. The number of nitrogens with one attached hydrogen (secondary N) is 1. The quantitative estimate of drug-likeness (QED) is 0.775. The van der Waals surface area contributed by atoms with E-state index in [4.69, 9.17) is 0 Å². The van der Waals surface area contributed by atoms with Crippen LogP contribution >= 0.6 is 0 Å². The Balaban J connectivity index is 2.09. The lowest BCUT2D eigenvalue weighted by atomic mass is 9.83. The molecule has 0 radical (unpaired) electrons. The van der Waals surface area contributed by atoms with E-state index in [-0.39, 0.29) is 11.3 Å². The number of nitrogens with zero attached hydrogens (tertiary/aromatic N) is 2. The van der Waals surface area contributed by atoms with E-state index in [0.29, 0.717) is 12.1 Å². The highest BCUT2D eigenvalue weighted by molar-refractivity contribution is 5.95. The lowest BCUT2D eigenvalue weighted by Gasteiger charge is -2.32. The number of amides is 1. The average molecular weight is 247 g/mol. The van der Waals surface area contributed by atoms with Crippen LogP contribution in [-0.2, 0) is 0 Å². The molecule has 1 aliphatic rings. The van der Waals surface area contributed by atoms with Crippen LogP contribution in [0.15, 0.2) is 17.8 Å². The molecule has 18 heavy (non-hydrogen) atoms. The van der Waals surface area contributed by atoms with E-state index < -0.39 is 0 Å². The van der Waals surface area contributed by atoms with Crippen LogP contribution in [-0.4, -0.2) is 34.1 Å².